The molecule has 1 amide bonds. The Labute approximate surface area is 139 Å². The minimum Gasteiger partial charge on any atom is -0.349 e. The molecule has 1 aromatic rings. The van der Waals surface area contributed by atoms with E-state index >= 15 is 0 Å². The molecule has 0 aliphatic carbocycles. The van der Waals surface area contributed by atoms with Gasteiger partial charge in [0, 0.05) is 31.9 Å². The van der Waals surface area contributed by atoms with Gasteiger partial charge in [0.05, 0.1) is 0 Å². The molecule has 2 N–H and O–H groups in total. The molecule has 0 saturated carbocycles. The molecule has 0 aromatic carbocycles. The van der Waals surface area contributed by atoms with Gasteiger partial charge >= 0.3 is 0 Å². The minimum absolute atomic E-state index is 0.101. The summed E-state index contributed by atoms with van der Waals surface area (Å²) in [5.41, 5.74) is 3.28. The summed E-state index contributed by atoms with van der Waals surface area (Å²) in [7, 11) is 0. The summed E-state index contributed by atoms with van der Waals surface area (Å²) in [4.78, 5) is 14.5. The molecule has 0 spiro atoms. The zero-order chi connectivity index (χ0) is 17.0. The molecule has 0 atom stereocenters. The van der Waals surface area contributed by atoms with Crippen LogP contribution in [0.3, 0.4) is 0 Å². The number of aromatic amines is 1. The zero-order valence-corrected chi connectivity index (χ0v) is 15.1. The Balaban J connectivity index is 1.75. The first-order chi connectivity index (χ1) is 10.8. The summed E-state index contributed by atoms with van der Waals surface area (Å²) in [6, 6.07) is 1.83. The van der Waals surface area contributed by atoms with Crippen molar-refractivity contribution in [2.24, 2.45) is 5.41 Å². The maximum atomic E-state index is 12.1. The Morgan fingerprint density at radius 2 is 2.17 bits per heavy atom. The van der Waals surface area contributed by atoms with Gasteiger partial charge in [-0.3, -0.25) is 14.8 Å². The first-order valence-electron chi connectivity index (χ1n) is 8.52. The number of carbonyl (C=O) groups excluding carboxylic acids is 1. The molecule has 2 rings (SSSR count). The fraction of sp³-hybridized carbons (Fsp3) is 0.667. The Kier molecular flexibility index (Phi) is 5.63. The van der Waals surface area contributed by atoms with Crippen LogP contribution < -0.4 is 5.32 Å². The van der Waals surface area contributed by atoms with E-state index in [1.165, 1.54) is 5.57 Å². The van der Waals surface area contributed by atoms with Gasteiger partial charge in [-0.05, 0) is 23.8 Å². The summed E-state index contributed by atoms with van der Waals surface area (Å²) >= 11 is 0. The summed E-state index contributed by atoms with van der Waals surface area (Å²) in [6.45, 7) is 14.5. The van der Waals surface area contributed by atoms with Crippen molar-refractivity contribution < 1.29 is 4.79 Å². The summed E-state index contributed by atoms with van der Waals surface area (Å²) in [5.74, 6) is 0.247. The molecular formula is C18H30N4O. The van der Waals surface area contributed by atoms with Crippen molar-refractivity contribution in [2.45, 2.75) is 47.0 Å². The summed E-state index contributed by atoms with van der Waals surface area (Å²) < 4.78 is 0. The Morgan fingerprint density at radius 3 is 2.70 bits per heavy atom. The van der Waals surface area contributed by atoms with Crippen molar-refractivity contribution in [2.75, 3.05) is 26.2 Å². The molecule has 0 unspecified atom stereocenters. The summed E-state index contributed by atoms with van der Waals surface area (Å²) in [5, 5.41) is 9.95. The highest BCUT2D eigenvalue weighted by Gasteiger charge is 2.21. The molecule has 1 aromatic heterocycles. The van der Waals surface area contributed by atoms with Crippen LogP contribution in [0.5, 0.6) is 0 Å². The number of aromatic nitrogens is 2. The second kappa shape index (κ2) is 7.30. The van der Waals surface area contributed by atoms with E-state index < -0.39 is 0 Å². The van der Waals surface area contributed by atoms with Crippen molar-refractivity contribution in [3.8, 4) is 0 Å². The Bertz CT molecular complexity index is 566. The van der Waals surface area contributed by atoms with Crippen LogP contribution in [0.2, 0.25) is 0 Å². The fourth-order valence-electron chi connectivity index (χ4n) is 2.76. The Hall–Kier alpha value is -1.62. The standard InChI is InChI=1S/C18H30N4O/c1-13(2)15-12-16(21-20-15)17(23)19-8-11-22-9-6-14(7-10-22)18(3,4)5/h6,12-13H,7-11H2,1-5H3,(H,19,23)(H,20,21). The van der Waals surface area contributed by atoms with Crippen molar-refractivity contribution in [3.63, 3.8) is 0 Å². The van der Waals surface area contributed by atoms with Crippen LogP contribution in [-0.4, -0.2) is 47.2 Å². The van der Waals surface area contributed by atoms with Crippen LogP contribution in [-0.2, 0) is 0 Å². The first kappa shape index (κ1) is 17.7. The normalized spacial score (nSPS) is 16.5. The minimum atomic E-state index is -0.101. The second-order valence-electron chi connectivity index (χ2n) is 7.65. The van der Waals surface area contributed by atoms with E-state index in [1.807, 2.05) is 6.07 Å². The van der Waals surface area contributed by atoms with Gasteiger partial charge in [0.15, 0.2) is 0 Å². The average Bonchev–Trinajstić information content (AvgIpc) is 2.97. The van der Waals surface area contributed by atoms with E-state index in [-0.39, 0.29) is 11.3 Å². The number of hydrogen-bond acceptors (Lipinski definition) is 3. The number of nitrogens with one attached hydrogen (secondary N) is 2. The third kappa shape index (κ3) is 4.93. The number of H-pyrrole nitrogens is 1. The number of nitrogens with zero attached hydrogens (tertiary/aromatic N) is 2. The topological polar surface area (TPSA) is 61.0 Å². The predicted octanol–water partition coefficient (Wildman–Crippen LogP) is 2.94. The van der Waals surface area contributed by atoms with Gasteiger partial charge in [0.1, 0.15) is 5.69 Å². The van der Waals surface area contributed by atoms with Crippen LogP contribution in [0.25, 0.3) is 0 Å². The maximum absolute atomic E-state index is 12.1. The van der Waals surface area contributed by atoms with Crippen LogP contribution in [0.1, 0.15) is 63.1 Å². The number of rotatable bonds is 5. The molecule has 1 aliphatic rings. The molecule has 0 saturated heterocycles. The van der Waals surface area contributed by atoms with Crippen LogP contribution in [0.15, 0.2) is 17.7 Å². The molecular weight excluding hydrogens is 288 g/mol. The lowest BCUT2D eigenvalue weighted by atomic mass is 9.83. The monoisotopic (exact) mass is 318 g/mol. The molecule has 23 heavy (non-hydrogen) atoms. The average molecular weight is 318 g/mol. The fourth-order valence-corrected chi connectivity index (χ4v) is 2.76. The molecule has 128 valence electrons. The molecule has 5 nitrogen and oxygen atoms in total. The highest BCUT2D eigenvalue weighted by atomic mass is 16.1. The van der Waals surface area contributed by atoms with E-state index in [0.717, 1.165) is 31.7 Å². The van der Waals surface area contributed by atoms with Gasteiger partial charge in [0.25, 0.3) is 5.91 Å². The third-order valence-electron chi connectivity index (χ3n) is 4.42. The second-order valence-corrected chi connectivity index (χ2v) is 7.65. The van der Waals surface area contributed by atoms with Crippen molar-refractivity contribution in [1.82, 2.24) is 20.4 Å². The smallest absolute Gasteiger partial charge is 0.271 e. The van der Waals surface area contributed by atoms with Gasteiger partial charge < -0.3 is 5.32 Å². The van der Waals surface area contributed by atoms with Gasteiger partial charge in [-0.2, -0.15) is 5.10 Å². The van der Waals surface area contributed by atoms with E-state index in [1.54, 1.807) is 0 Å². The lowest BCUT2D eigenvalue weighted by Gasteiger charge is -2.32. The van der Waals surface area contributed by atoms with Crippen LogP contribution in [0.4, 0.5) is 0 Å². The molecule has 5 heteroatoms. The molecule has 2 heterocycles. The molecule has 0 radical (unpaired) electrons. The predicted molar refractivity (Wildman–Crippen MR) is 93.6 cm³/mol. The first-order valence-corrected chi connectivity index (χ1v) is 8.52. The van der Waals surface area contributed by atoms with E-state index in [4.69, 9.17) is 0 Å². The highest BCUT2D eigenvalue weighted by Crippen LogP contribution is 2.29. The lowest BCUT2D eigenvalue weighted by Crippen LogP contribution is -2.38. The number of carbonyl (C=O) groups is 1. The van der Waals surface area contributed by atoms with Gasteiger partial charge in [0.2, 0.25) is 0 Å². The van der Waals surface area contributed by atoms with Gasteiger partial charge in [-0.15, -0.1) is 0 Å². The van der Waals surface area contributed by atoms with Crippen molar-refractivity contribution in [3.05, 3.63) is 29.1 Å². The maximum Gasteiger partial charge on any atom is 0.271 e. The lowest BCUT2D eigenvalue weighted by molar-refractivity contribution is 0.0943. The van der Waals surface area contributed by atoms with Crippen LogP contribution in [0, 0.1) is 5.41 Å². The van der Waals surface area contributed by atoms with Crippen LogP contribution >= 0.6 is 0 Å². The largest absolute Gasteiger partial charge is 0.349 e. The van der Waals surface area contributed by atoms with Crippen molar-refractivity contribution >= 4 is 5.91 Å². The quantitative estimate of drug-likeness (QED) is 0.821. The van der Waals surface area contributed by atoms with Gasteiger partial charge in [-0.1, -0.05) is 46.3 Å². The van der Waals surface area contributed by atoms with E-state index in [0.29, 0.717) is 18.2 Å². The SMILES string of the molecule is CC(C)c1cc(C(=O)NCCN2CC=C(C(C)(C)C)CC2)n[nH]1. The third-order valence-corrected chi connectivity index (χ3v) is 4.42. The molecule has 1 aliphatic heterocycles. The molecule has 0 bridgehead atoms. The van der Waals surface area contributed by atoms with E-state index in [2.05, 4.69) is 61.1 Å². The van der Waals surface area contributed by atoms with E-state index in [9.17, 15) is 4.79 Å². The number of hydrogen-bond donors (Lipinski definition) is 2. The van der Waals surface area contributed by atoms with Crippen molar-refractivity contribution in [1.29, 1.82) is 0 Å². The molecule has 0 fully saturated rings. The highest BCUT2D eigenvalue weighted by molar-refractivity contribution is 5.92. The Morgan fingerprint density at radius 1 is 1.43 bits per heavy atom. The summed E-state index contributed by atoms with van der Waals surface area (Å²) in [6.07, 6.45) is 3.46. The van der Waals surface area contributed by atoms with Gasteiger partial charge in [-0.25, -0.2) is 0 Å². The number of amides is 1. The zero-order valence-electron chi connectivity index (χ0n) is 15.1.